The quantitative estimate of drug-likeness (QED) is 0.773. The van der Waals surface area contributed by atoms with E-state index >= 15 is 0 Å². The number of carbonyl (C=O) groups excluding carboxylic acids is 1. The van der Waals surface area contributed by atoms with E-state index in [1.807, 2.05) is 6.92 Å². The van der Waals surface area contributed by atoms with Gasteiger partial charge in [0.15, 0.2) is 0 Å². The van der Waals surface area contributed by atoms with Gasteiger partial charge in [0.2, 0.25) is 0 Å². The Labute approximate surface area is 142 Å². The van der Waals surface area contributed by atoms with Crippen LogP contribution in [0.2, 0.25) is 0 Å². The molecule has 1 saturated heterocycles. The molecule has 0 spiro atoms. The minimum Gasteiger partial charge on any atom is -0.335 e. The second-order valence-corrected chi connectivity index (χ2v) is 6.82. The molecule has 1 aromatic carbocycles. The van der Waals surface area contributed by atoms with Gasteiger partial charge in [-0.1, -0.05) is 12.1 Å². The van der Waals surface area contributed by atoms with Crippen LogP contribution in [0.25, 0.3) is 10.6 Å². The number of aromatic nitrogens is 1. The molecule has 24 heavy (non-hydrogen) atoms. The molecule has 0 aliphatic carbocycles. The number of benzene rings is 1. The first-order valence-corrected chi connectivity index (χ1v) is 8.68. The zero-order valence-corrected chi connectivity index (χ0v) is 14.0. The summed E-state index contributed by atoms with van der Waals surface area (Å²) in [5.41, 5.74) is -0.0329. The SMILES string of the molecule is CC1CCCCN1C(=O)c1csc(-c2cccc(C(F)(F)F)c2)n1. The summed E-state index contributed by atoms with van der Waals surface area (Å²) in [7, 11) is 0. The molecule has 1 aliphatic rings. The van der Waals surface area contributed by atoms with E-state index in [9.17, 15) is 18.0 Å². The number of halogens is 3. The summed E-state index contributed by atoms with van der Waals surface area (Å²) in [6.07, 6.45) is -1.34. The maximum atomic E-state index is 12.8. The number of rotatable bonds is 2. The van der Waals surface area contributed by atoms with Crippen LogP contribution in [0.3, 0.4) is 0 Å². The second-order valence-electron chi connectivity index (χ2n) is 5.96. The van der Waals surface area contributed by atoms with E-state index in [4.69, 9.17) is 0 Å². The Morgan fingerprint density at radius 1 is 1.33 bits per heavy atom. The molecule has 1 atom stereocenters. The molecule has 1 fully saturated rings. The van der Waals surface area contributed by atoms with E-state index in [1.54, 1.807) is 16.3 Å². The molecule has 1 aromatic heterocycles. The highest BCUT2D eigenvalue weighted by Crippen LogP contribution is 2.33. The highest BCUT2D eigenvalue weighted by molar-refractivity contribution is 7.13. The number of amides is 1. The summed E-state index contributed by atoms with van der Waals surface area (Å²) < 4.78 is 38.5. The fourth-order valence-corrected chi connectivity index (χ4v) is 3.67. The van der Waals surface area contributed by atoms with Crippen molar-refractivity contribution in [2.45, 2.75) is 38.4 Å². The summed E-state index contributed by atoms with van der Waals surface area (Å²) in [5, 5.41) is 2.05. The zero-order chi connectivity index (χ0) is 17.3. The number of hydrogen-bond donors (Lipinski definition) is 0. The first kappa shape index (κ1) is 17.0. The lowest BCUT2D eigenvalue weighted by atomic mass is 10.0. The van der Waals surface area contributed by atoms with Gasteiger partial charge in [-0.15, -0.1) is 11.3 Å². The molecule has 3 rings (SSSR count). The van der Waals surface area contributed by atoms with Crippen LogP contribution in [-0.2, 0) is 6.18 Å². The first-order chi connectivity index (χ1) is 11.4. The molecular weight excluding hydrogens is 337 g/mol. The highest BCUT2D eigenvalue weighted by atomic mass is 32.1. The average Bonchev–Trinajstić information content (AvgIpc) is 3.04. The zero-order valence-electron chi connectivity index (χ0n) is 13.1. The van der Waals surface area contributed by atoms with Crippen LogP contribution in [-0.4, -0.2) is 28.4 Å². The Morgan fingerprint density at radius 3 is 2.83 bits per heavy atom. The van der Waals surface area contributed by atoms with Crippen molar-refractivity contribution in [1.82, 2.24) is 9.88 Å². The molecule has 128 valence electrons. The van der Waals surface area contributed by atoms with Gasteiger partial charge in [-0.3, -0.25) is 4.79 Å². The van der Waals surface area contributed by atoms with Crippen molar-refractivity contribution in [1.29, 1.82) is 0 Å². The van der Waals surface area contributed by atoms with Gasteiger partial charge in [0.25, 0.3) is 5.91 Å². The van der Waals surface area contributed by atoms with Gasteiger partial charge in [0.05, 0.1) is 5.56 Å². The third-order valence-corrected chi connectivity index (χ3v) is 5.12. The third-order valence-electron chi connectivity index (χ3n) is 4.22. The van der Waals surface area contributed by atoms with Crippen LogP contribution in [0.4, 0.5) is 13.2 Å². The lowest BCUT2D eigenvalue weighted by Gasteiger charge is -2.32. The number of thiazole rings is 1. The molecular formula is C17H17F3N2OS. The molecule has 0 N–H and O–H groups in total. The summed E-state index contributed by atoms with van der Waals surface area (Å²) in [5.74, 6) is -0.142. The number of nitrogens with zero attached hydrogens (tertiary/aromatic N) is 2. The predicted molar refractivity (Wildman–Crippen MR) is 86.9 cm³/mol. The van der Waals surface area contributed by atoms with Crippen LogP contribution in [0.5, 0.6) is 0 Å². The number of piperidine rings is 1. The van der Waals surface area contributed by atoms with E-state index in [2.05, 4.69) is 4.98 Å². The number of alkyl halides is 3. The topological polar surface area (TPSA) is 33.2 Å². The van der Waals surface area contributed by atoms with Gasteiger partial charge in [0, 0.05) is 23.5 Å². The van der Waals surface area contributed by atoms with Crippen molar-refractivity contribution in [3.8, 4) is 10.6 Å². The van der Waals surface area contributed by atoms with Crippen LogP contribution < -0.4 is 0 Å². The van der Waals surface area contributed by atoms with Crippen molar-refractivity contribution in [2.75, 3.05) is 6.54 Å². The van der Waals surface area contributed by atoms with Crippen molar-refractivity contribution >= 4 is 17.2 Å². The van der Waals surface area contributed by atoms with Gasteiger partial charge in [-0.25, -0.2) is 4.98 Å². The van der Waals surface area contributed by atoms with E-state index < -0.39 is 11.7 Å². The second kappa shape index (κ2) is 6.55. The highest BCUT2D eigenvalue weighted by Gasteiger charge is 2.31. The summed E-state index contributed by atoms with van der Waals surface area (Å²) in [6, 6.07) is 5.19. The average molecular weight is 354 g/mol. The van der Waals surface area contributed by atoms with Gasteiger partial charge in [0.1, 0.15) is 10.7 Å². The van der Waals surface area contributed by atoms with Gasteiger partial charge < -0.3 is 4.90 Å². The third kappa shape index (κ3) is 3.45. The fourth-order valence-electron chi connectivity index (χ4n) is 2.88. The Hall–Kier alpha value is -1.89. The van der Waals surface area contributed by atoms with E-state index in [-0.39, 0.29) is 11.9 Å². The minimum atomic E-state index is -4.39. The number of likely N-dealkylation sites (tertiary alicyclic amines) is 1. The molecule has 7 heteroatoms. The summed E-state index contributed by atoms with van der Waals surface area (Å²) >= 11 is 1.19. The molecule has 3 nitrogen and oxygen atoms in total. The van der Waals surface area contributed by atoms with Crippen molar-refractivity contribution in [3.05, 3.63) is 40.9 Å². The predicted octanol–water partition coefficient (Wildman–Crippen LogP) is 4.84. The maximum Gasteiger partial charge on any atom is 0.416 e. The van der Waals surface area contributed by atoms with Crippen LogP contribution in [0.15, 0.2) is 29.6 Å². The Balaban J connectivity index is 1.84. The van der Waals surface area contributed by atoms with Crippen LogP contribution in [0.1, 0.15) is 42.2 Å². The van der Waals surface area contributed by atoms with Crippen molar-refractivity contribution in [2.24, 2.45) is 0 Å². The van der Waals surface area contributed by atoms with Gasteiger partial charge in [-0.2, -0.15) is 13.2 Å². The van der Waals surface area contributed by atoms with Crippen molar-refractivity contribution < 1.29 is 18.0 Å². The number of hydrogen-bond acceptors (Lipinski definition) is 3. The van der Waals surface area contributed by atoms with Crippen LogP contribution >= 0.6 is 11.3 Å². The largest absolute Gasteiger partial charge is 0.416 e. The molecule has 0 bridgehead atoms. The summed E-state index contributed by atoms with van der Waals surface area (Å²) in [4.78, 5) is 18.6. The van der Waals surface area contributed by atoms with E-state index in [1.165, 1.54) is 17.4 Å². The van der Waals surface area contributed by atoms with Gasteiger partial charge in [-0.05, 0) is 38.3 Å². The molecule has 0 saturated carbocycles. The molecule has 1 amide bonds. The molecule has 1 unspecified atom stereocenters. The monoisotopic (exact) mass is 354 g/mol. The first-order valence-electron chi connectivity index (χ1n) is 7.80. The minimum absolute atomic E-state index is 0.142. The van der Waals surface area contributed by atoms with Crippen molar-refractivity contribution in [3.63, 3.8) is 0 Å². The smallest absolute Gasteiger partial charge is 0.335 e. The molecule has 1 aliphatic heterocycles. The number of carbonyl (C=O) groups is 1. The normalized spacial score (nSPS) is 18.7. The van der Waals surface area contributed by atoms with Gasteiger partial charge >= 0.3 is 6.18 Å². The molecule has 2 aromatic rings. The Morgan fingerprint density at radius 2 is 2.12 bits per heavy atom. The fraction of sp³-hybridized carbons (Fsp3) is 0.412. The maximum absolute atomic E-state index is 12.8. The van der Waals surface area contributed by atoms with Crippen LogP contribution in [0, 0.1) is 0 Å². The van der Waals surface area contributed by atoms with E-state index in [0.29, 0.717) is 22.8 Å². The Kier molecular flexibility index (Phi) is 4.62. The Bertz CT molecular complexity index is 741. The lowest BCUT2D eigenvalue weighted by molar-refractivity contribution is -0.137. The molecule has 0 radical (unpaired) electrons. The lowest BCUT2D eigenvalue weighted by Crippen LogP contribution is -2.42. The van der Waals surface area contributed by atoms with E-state index in [0.717, 1.165) is 31.4 Å². The summed E-state index contributed by atoms with van der Waals surface area (Å²) in [6.45, 7) is 2.72. The molecule has 2 heterocycles. The standard InChI is InChI=1S/C17H17F3N2OS/c1-11-5-2-3-8-22(11)16(23)14-10-24-15(21-14)12-6-4-7-13(9-12)17(18,19)20/h4,6-7,9-11H,2-3,5,8H2,1H3.